The molecule has 4 aromatic rings. The average molecular weight is 533 g/mol. The predicted octanol–water partition coefficient (Wildman–Crippen LogP) is 4.12. The molecule has 1 fully saturated rings. The van der Waals surface area contributed by atoms with Gasteiger partial charge in [0, 0.05) is 4.47 Å². The molecule has 0 aliphatic carbocycles. The van der Waals surface area contributed by atoms with Crippen molar-refractivity contribution in [3.63, 3.8) is 0 Å². The van der Waals surface area contributed by atoms with Gasteiger partial charge in [-0.2, -0.15) is 15.3 Å². The number of hydrogen-bond donors (Lipinski definition) is 1. The minimum absolute atomic E-state index is 0.210. The summed E-state index contributed by atoms with van der Waals surface area (Å²) in [6.45, 7) is 1.89. The number of benzene rings is 2. The fourth-order valence-electron chi connectivity index (χ4n) is 3.29. The first kappa shape index (κ1) is 22.0. The van der Waals surface area contributed by atoms with Crippen molar-refractivity contribution in [3.8, 4) is 11.5 Å². The van der Waals surface area contributed by atoms with Gasteiger partial charge in [0.25, 0.3) is 5.91 Å². The van der Waals surface area contributed by atoms with Gasteiger partial charge in [-0.25, -0.2) is 14.3 Å². The van der Waals surface area contributed by atoms with Gasteiger partial charge < -0.3 is 0 Å². The average Bonchev–Trinajstić information content (AvgIpc) is 3.56. The molecule has 0 unspecified atom stereocenters. The summed E-state index contributed by atoms with van der Waals surface area (Å²) in [5, 5.41) is 20.5. The Bertz CT molecular complexity index is 1420. The molecule has 1 saturated heterocycles. The first-order valence-electron chi connectivity index (χ1n) is 10.2. The van der Waals surface area contributed by atoms with E-state index in [1.807, 2.05) is 67.6 Å². The van der Waals surface area contributed by atoms with Gasteiger partial charge in [-0.1, -0.05) is 46.3 Å². The van der Waals surface area contributed by atoms with E-state index in [0.29, 0.717) is 15.9 Å². The highest BCUT2D eigenvalue weighted by Crippen LogP contribution is 2.27. The number of thioether (sulfide) groups is 1. The van der Waals surface area contributed by atoms with Crippen LogP contribution in [0, 0.1) is 6.92 Å². The third kappa shape index (κ3) is 4.61. The second-order valence-electron chi connectivity index (χ2n) is 7.18. The van der Waals surface area contributed by atoms with Gasteiger partial charge in [0.15, 0.2) is 11.0 Å². The van der Waals surface area contributed by atoms with E-state index in [1.54, 1.807) is 21.9 Å². The number of aromatic nitrogens is 5. The molecular formula is C23H17BrN8OS. The number of nitrogens with zero attached hydrogens (tertiary/aromatic N) is 7. The highest BCUT2D eigenvalue weighted by Gasteiger charge is 2.24. The Balaban J connectivity index is 1.43. The van der Waals surface area contributed by atoms with Crippen LogP contribution in [0.2, 0.25) is 0 Å². The molecule has 34 heavy (non-hydrogen) atoms. The van der Waals surface area contributed by atoms with Crippen molar-refractivity contribution in [1.82, 2.24) is 29.9 Å². The Morgan fingerprint density at radius 2 is 1.91 bits per heavy atom. The zero-order valence-corrected chi connectivity index (χ0v) is 20.2. The number of aryl methyl sites for hydroxylation is 1. The van der Waals surface area contributed by atoms with Crippen molar-refractivity contribution in [2.24, 2.45) is 10.2 Å². The Morgan fingerprint density at radius 3 is 2.65 bits per heavy atom. The molecule has 0 saturated carbocycles. The maximum atomic E-state index is 12.3. The van der Waals surface area contributed by atoms with E-state index < -0.39 is 0 Å². The summed E-state index contributed by atoms with van der Waals surface area (Å²) >= 11 is 4.65. The van der Waals surface area contributed by atoms with Crippen LogP contribution in [0.25, 0.3) is 17.6 Å². The Kier molecular flexibility index (Phi) is 6.19. The fourth-order valence-corrected chi connectivity index (χ4v) is 4.33. The number of para-hydroxylation sites is 1. The van der Waals surface area contributed by atoms with Crippen LogP contribution in [0.3, 0.4) is 0 Å². The quantitative estimate of drug-likeness (QED) is 0.236. The van der Waals surface area contributed by atoms with Gasteiger partial charge in [0.2, 0.25) is 0 Å². The monoisotopic (exact) mass is 532 g/mol. The number of carbonyl (C=O) groups excluding carboxylic acids is 1. The molecular weight excluding hydrogens is 516 g/mol. The minimum Gasteiger partial charge on any atom is -0.299 e. The SMILES string of the molecule is Cc1nn(-c2ccccc2)c(-n2cncn2)c1C=N/N=C1/NC(=O)C(=Cc2ccc(Br)cc2)S1. The zero-order valence-electron chi connectivity index (χ0n) is 17.8. The van der Waals surface area contributed by atoms with Gasteiger partial charge in [-0.3, -0.25) is 10.1 Å². The molecule has 168 valence electrons. The number of carbonyl (C=O) groups is 1. The second kappa shape index (κ2) is 9.57. The lowest BCUT2D eigenvalue weighted by Crippen LogP contribution is -2.19. The predicted molar refractivity (Wildman–Crippen MR) is 136 cm³/mol. The topological polar surface area (TPSA) is 102 Å². The third-order valence-corrected chi connectivity index (χ3v) is 6.30. The molecule has 1 N–H and O–H groups in total. The Hall–Kier alpha value is -3.83. The Labute approximate surface area is 207 Å². The van der Waals surface area contributed by atoms with E-state index >= 15 is 0 Å². The summed E-state index contributed by atoms with van der Waals surface area (Å²) in [6.07, 6.45) is 6.48. The molecule has 2 aromatic carbocycles. The van der Waals surface area contributed by atoms with E-state index in [9.17, 15) is 4.79 Å². The molecule has 9 nitrogen and oxygen atoms in total. The van der Waals surface area contributed by atoms with Crippen LogP contribution in [0.1, 0.15) is 16.8 Å². The molecule has 1 aliphatic heterocycles. The summed E-state index contributed by atoms with van der Waals surface area (Å²) in [7, 11) is 0. The van der Waals surface area contributed by atoms with E-state index in [1.165, 1.54) is 18.1 Å². The number of nitrogens with one attached hydrogen (secondary N) is 1. The molecule has 2 aromatic heterocycles. The zero-order chi connectivity index (χ0) is 23.5. The van der Waals surface area contributed by atoms with Crippen molar-refractivity contribution >= 4 is 51.1 Å². The van der Waals surface area contributed by atoms with E-state index in [2.05, 4.69) is 46.6 Å². The first-order chi connectivity index (χ1) is 16.6. The summed E-state index contributed by atoms with van der Waals surface area (Å²) in [5.74, 6) is 0.474. The lowest BCUT2D eigenvalue weighted by atomic mass is 10.2. The largest absolute Gasteiger partial charge is 0.299 e. The smallest absolute Gasteiger partial charge is 0.264 e. The standard InChI is InChI=1S/C23H17BrN8OS/c1-15-19(22(31-14-25-13-27-31)32(30-15)18-5-3-2-4-6-18)12-26-29-23-28-21(33)20(34-23)11-16-7-9-17(24)10-8-16/h2-14H,1H3,(H,28,29,33). The highest BCUT2D eigenvalue weighted by molar-refractivity contribution is 9.10. The lowest BCUT2D eigenvalue weighted by molar-refractivity contribution is -0.115. The number of halogens is 1. The molecule has 0 atom stereocenters. The molecule has 5 rings (SSSR count). The van der Waals surface area contributed by atoms with Crippen LogP contribution in [0.4, 0.5) is 0 Å². The minimum atomic E-state index is -0.210. The molecule has 0 radical (unpaired) electrons. The van der Waals surface area contributed by atoms with Crippen LogP contribution in [0.15, 0.2) is 86.8 Å². The Morgan fingerprint density at radius 1 is 1.12 bits per heavy atom. The van der Waals surface area contributed by atoms with Crippen molar-refractivity contribution < 1.29 is 4.79 Å². The number of amidine groups is 1. The number of rotatable bonds is 5. The molecule has 1 aliphatic rings. The van der Waals surface area contributed by atoms with Crippen molar-refractivity contribution in [1.29, 1.82) is 0 Å². The van der Waals surface area contributed by atoms with Crippen LogP contribution in [-0.2, 0) is 4.79 Å². The maximum Gasteiger partial charge on any atom is 0.264 e. The van der Waals surface area contributed by atoms with Crippen LogP contribution >= 0.6 is 27.7 Å². The van der Waals surface area contributed by atoms with Crippen LogP contribution < -0.4 is 5.32 Å². The van der Waals surface area contributed by atoms with Crippen LogP contribution in [0.5, 0.6) is 0 Å². The van der Waals surface area contributed by atoms with Gasteiger partial charge in [-0.05, 0) is 54.6 Å². The van der Waals surface area contributed by atoms with Gasteiger partial charge in [0.1, 0.15) is 12.7 Å². The van der Waals surface area contributed by atoms with E-state index in [4.69, 9.17) is 0 Å². The number of amides is 1. The summed E-state index contributed by atoms with van der Waals surface area (Å²) in [5.41, 5.74) is 3.28. The third-order valence-electron chi connectivity index (χ3n) is 4.87. The van der Waals surface area contributed by atoms with E-state index in [-0.39, 0.29) is 5.91 Å². The molecule has 3 heterocycles. The fraction of sp³-hybridized carbons (Fsp3) is 0.0435. The normalized spacial score (nSPS) is 16.1. The van der Waals surface area contributed by atoms with Crippen LogP contribution in [-0.4, -0.2) is 41.8 Å². The van der Waals surface area contributed by atoms with E-state index in [0.717, 1.165) is 27.0 Å². The molecule has 1 amide bonds. The molecule has 0 bridgehead atoms. The first-order valence-corrected chi connectivity index (χ1v) is 11.8. The number of hydrogen-bond acceptors (Lipinski definition) is 7. The van der Waals surface area contributed by atoms with Crippen molar-refractivity contribution in [2.45, 2.75) is 6.92 Å². The molecule has 0 spiro atoms. The van der Waals surface area contributed by atoms with Gasteiger partial charge >= 0.3 is 0 Å². The lowest BCUT2D eigenvalue weighted by Gasteiger charge is -2.07. The summed E-state index contributed by atoms with van der Waals surface area (Å²) in [4.78, 5) is 16.9. The second-order valence-corrected chi connectivity index (χ2v) is 9.12. The highest BCUT2D eigenvalue weighted by atomic mass is 79.9. The maximum absolute atomic E-state index is 12.3. The van der Waals surface area contributed by atoms with Gasteiger partial charge in [0.05, 0.1) is 28.1 Å². The summed E-state index contributed by atoms with van der Waals surface area (Å²) in [6, 6.07) is 17.4. The summed E-state index contributed by atoms with van der Waals surface area (Å²) < 4.78 is 4.39. The van der Waals surface area contributed by atoms with Crippen molar-refractivity contribution in [2.75, 3.05) is 0 Å². The molecule has 11 heteroatoms. The van der Waals surface area contributed by atoms with Gasteiger partial charge in [-0.15, -0.1) is 5.10 Å². The van der Waals surface area contributed by atoms with Crippen molar-refractivity contribution in [3.05, 3.63) is 93.5 Å².